The van der Waals surface area contributed by atoms with Gasteiger partial charge < -0.3 is 15.8 Å². The average Bonchev–Trinajstić information content (AvgIpc) is 2.92. The first-order valence-electron chi connectivity index (χ1n) is 7.71. The van der Waals surface area contributed by atoms with E-state index in [0.717, 1.165) is 18.6 Å². The van der Waals surface area contributed by atoms with Crippen LogP contribution in [0.4, 0.5) is 0 Å². The van der Waals surface area contributed by atoms with Crippen LogP contribution in [0.3, 0.4) is 0 Å². The third kappa shape index (κ3) is 2.58. The second-order valence-electron chi connectivity index (χ2n) is 6.85. The molecule has 0 spiro atoms. The Hall–Kier alpha value is -1.39. The van der Waals surface area contributed by atoms with Gasteiger partial charge in [0.2, 0.25) is 5.91 Å². The molecule has 4 heteroatoms. The van der Waals surface area contributed by atoms with Crippen LogP contribution in [0.25, 0.3) is 0 Å². The molecule has 1 aromatic rings. The van der Waals surface area contributed by atoms with E-state index in [2.05, 4.69) is 19.2 Å². The molecule has 0 aromatic heterocycles. The van der Waals surface area contributed by atoms with Crippen LogP contribution in [0.15, 0.2) is 30.3 Å². The Morgan fingerprint density at radius 2 is 2.14 bits per heavy atom. The molecule has 2 fully saturated rings. The summed E-state index contributed by atoms with van der Waals surface area (Å²) >= 11 is 0. The highest BCUT2D eigenvalue weighted by Crippen LogP contribution is 2.52. The summed E-state index contributed by atoms with van der Waals surface area (Å²) in [6.07, 6.45) is 1.89. The first-order valence-corrected chi connectivity index (χ1v) is 7.71. The molecule has 3 N–H and O–H groups in total. The van der Waals surface area contributed by atoms with Crippen molar-refractivity contribution < 1.29 is 9.53 Å². The van der Waals surface area contributed by atoms with E-state index in [1.54, 1.807) is 0 Å². The maximum absolute atomic E-state index is 12.4. The molecule has 0 radical (unpaired) electrons. The molecule has 1 aromatic carbocycles. The van der Waals surface area contributed by atoms with Crippen LogP contribution in [-0.2, 0) is 16.0 Å². The molecule has 4 atom stereocenters. The molecule has 1 aliphatic heterocycles. The number of carbonyl (C=O) groups excluding carboxylic acids is 1. The summed E-state index contributed by atoms with van der Waals surface area (Å²) in [4.78, 5) is 12.4. The molecule has 21 heavy (non-hydrogen) atoms. The number of ether oxygens (including phenoxy) is 1. The molecular weight excluding hydrogens is 264 g/mol. The normalized spacial score (nSPS) is 31.1. The molecule has 4 nitrogen and oxygen atoms in total. The first kappa shape index (κ1) is 14.5. The molecule has 3 rings (SSSR count). The molecule has 114 valence electrons. The van der Waals surface area contributed by atoms with Crippen molar-refractivity contribution >= 4 is 5.91 Å². The van der Waals surface area contributed by atoms with Gasteiger partial charge in [0.25, 0.3) is 0 Å². The van der Waals surface area contributed by atoms with Gasteiger partial charge in [0, 0.05) is 24.0 Å². The van der Waals surface area contributed by atoms with E-state index in [4.69, 9.17) is 10.5 Å². The third-order valence-electron chi connectivity index (χ3n) is 5.03. The van der Waals surface area contributed by atoms with Crippen LogP contribution in [-0.4, -0.2) is 30.7 Å². The van der Waals surface area contributed by atoms with Crippen LogP contribution >= 0.6 is 0 Å². The Morgan fingerprint density at radius 1 is 1.43 bits per heavy atom. The van der Waals surface area contributed by atoms with Crippen LogP contribution in [0.5, 0.6) is 0 Å². The fraction of sp³-hybridized carbons (Fsp3) is 0.588. The van der Waals surface area contributed by atoms with E-state index in [9.17, 15) is 4.79 Å². The Morgan fingerprint density at radius 3 is 2.86 bits per heavy atom. The molecule has 1 aliphatic carbocycles. The van der Waals surface area contributed by atoms with E-state index in [1.807, 2.05) is 30.3 Å². The zero-order valence-electron chi connectivity index (χ0n) is 12.7. The summed E-state index contributed by atoms with van der Waals surface area (Å²) in [5, 5.41) is 3.15. The van der Waals surface area contributed by atoms with Gasteiger partial charge in [-0.15, -0.1) is 0 Å². The van der Waals surface area contributed by atoms with Gasteiger partial charge in [-0.1, -0.05) is 44.2 Å². The minimum absolute atomic E-state index is 0.00327. The van der Waals surface area contributed by atoms with Gasteiger partial charge in [-0.3, -0.25) is 4.79 Å². The number of nitrogens with two attached hydrogens (primary N) is 1. The van der Waals surface area contributed by atoms with Gasteiger partial charge in [-0.25, -0.2) is 0 Å². The molecule has 3 unspecified atom stereocenters. The number of amides is 1. The van der Waals surface area contributed by atoms with E-state index >= 15 is 0 Å². The fourth-order valence-corrected chi connectivity index (χ4v) is 3.84. The highest BCUT2D eigenvalue weighted by molar-refractivity contribution is 5.82. The second kappa shape index (κ2) is 5.43. The third-order valence-corrected chi connectivity index (χ3v) is 5.03. The molecular formula is C17H24N2O2. The average molecular weight is 288 g/mol. The van der Waals surface area contributed by atoms with Crippen LogP contribution < -0.4 is 11.1 Å². The molecule has 1 amide bonds. The van der Waals surface area contributed by atoms with Gasteiger partial charge >= 0.3 is 0 Å². The van der Waals surface area contributed by atoms with Crippen molar-refractivity contribution in [3.63, 3.8) is 0 Å². The van der Waals surface area contributed by atoms with Gasteiger partial charge in [0.1, 0.15) is 0 Å². The summed E-state index contributed by atoms with van der Waals surface area (Å²) < 4.78 is 5.75. The Kier molecular flexibility index (Phi) is 3.76. The summed E-state index contributed by atoms with van der Waals surface area (Å²) in [7, 11) is 0. The van der Waals surface area contributed by atoms with Crippen molar-refractivity contribution in [2.45, 2.75) is 44.9 Å². The summed E-state index contributed by atoms with van der Waals surface area (Å²) in [5.41, 5.74) is 7.15. The largest absolute Gasteiger partial charge is 0.377 e. The number of carbonyl (C=O) groups is 1. The van der Waals surface area contributed by atoms with Crippen molar-refractivity contribution in [2.75, 3.05) is 6.61 Å². The molecule has 1 saturated carbocycles. The number of benzene rings is 1. The molecule has 2 aliphatic rings. The topological polar surface area (TPSA) is 64.4 Å². The van der Waals surface area contributed by atoms with Crippen molar-refractivity contribution in [2.24, 2.45) is 17.1 Å². The smallest absolute Gasteiger partial charge is 0.237 e. The monoisotopic (exact) mass is 288 g/mol. The Bertz CT molecular complexity index is 515. The summed E-state index contributed by atoms with van der Waals surface area (Å²) in [6, 6.07) is 9.59. The zero-order valence-corrected chi connectivity index (χ0v) is 12.7. The second-order valence-corrected chi connectivity index (χ2v) is 6.85. The van der Waals surface area contributed by atoms with Crippen LogP contribution in [0.2, 0.25) is 0 Å². The number of nitrogens with one attached hydrogen (secondary N) is 1. The minimum Gasteiger partial charge on any atom is -0.377 e. The SMILES string of the molecule is CC1(C)C(NC(=O)[C@@H](N)Cc2ccccc2)C2CCOC21. The maximum atomic E-state index is 12.4. The van der Waals surface area contributed by atoms with E-state index < -0.39 is 6.04 Å². The summed E-state index contributed by atoms with van der Waals surface area (Å²) in [6.45, 7) is 5.13. The molecule has 1 saturated heterocycles. The first-order chi connectivity index (χ1) is 10.00. The Balaban J connectivity index is 1.59. The lowest BCUT2D eigenvalue weighted by Crippen LogP contribution is -2.68. The maximum Gasteiger partial charge on any atom is 0.237 e. The lowest BCUT2D eigenvalue weighted by molar-refractivity contribution is -0.138. The van der Waals surface area contributed by atoms with Crippen molar-refractivity contribution in [1.82, 2.24) is 5.32 Å². The van der Waals surface area contributed by atoms with E-state index in [-0.39, 0.29) is 23.5 Å². The van der Waals surface area contributed by atoms with E-state index in [1.165, 1.54) is 0 Å². The van der Waals surface area contributed by atoms with Gasteiger partial charge in [-0.2, -0.15) is 0 Å². The standard InChI is InChI=1S/C17H24N2O2/c1-17(2)14(12-8-9-21-15(12)17)19-16(20)13(18)10-11-6-4-3-5-7-11/h3-7,12-15H,8-10,18H2,1-2H3,(H,19,20)/t12?,13-,14?,15?/m0/s1. The van der Waals surface area contributed by atoms with Crippen molar-refractivity contribution in [3.05, 3.63) is 35.9 Å². The van der Waals surface area contributed by atoms with Gasteiger partial charge in [0.05, 0.1) is 12.1 Å². The van der Waals surface area contributed by atoms with Gasteiger partial charge in [-0.05, 0) is 18.4 Å². The predicted molar refractivity (Wildman–Crippen MR) is 81.7 cm³/mol. The highest BCUT2D eigenvalue weighted by Gasteiger charge is 2.59. The number of fused-ring (bicyclic) bond motifs is 1. The van der Waals surface area contributed by atoms with Crippen molar-refractivity contribution in [1.29, 1.82) is 0 Å². The van der Waals surface area contributed by atoms with Crippen LogP contribution in [0, 0.1) is 11.3 Å². The molecule has 1 heterocycles. The predicted octanol–water partition coefficient (Wildman–Crippen LogP) is 1.49. The fourth-order valence-electron chi connectivity index (χ4n) is 3.84. The lowest BCUT2D eigenvalue weighted by Gasteiger charge is -2.54. The summed E-state index contributed by atoms with van der Waals surface area (Å²) in [5.74, 6) is 0.398. The Labute approximate surface area is 126 Å². The van der Waals surface area contributed by atoms with Crippen LogP contribution in [0.1, 0.15) is 25.8 Å². The van der Waals surface area contributed by atoms with Crippen molar-refractivity contribution in [3.8, 4) is 0 Å². The minimum atomic E-state index is -0.496. The van der Waals surface area contributed by atoms with Gasteiger partial charge in [0.15, 0.2) is 0 Å². The highest BCUT2D eigenvalue weighted by atomic mass is 16.5. The lowest BCUT2D eigenvalue weighted by atomic mass is 9.57. The number of hydrogen-bond acceptors (Lipinski definition) is 3. The quantitative estimate of drug-likeness (QED) is 0.882. The molecule has 0 bridgehead atoms. The number of hydrogen-bond donors (Lipinski definition) is 2. The van der Waals surface area contributed by atoms with E-state index in [0.29, 0.717) is 12.3 Å². The number of rotatable bonds is 4. The zero-order chi connectivity index (χ0) is 15.0.